The first-order valence-electron chi connectivity index (χ1n) is 3.70. The minimum absolute atomic E-state index is 0.168. The molecule has 2 unspecified atom stereocenters. The lowest BCUT2D eigenvalue weighted by atomic mass is 10.4. The molecule has 0 aromatic heterocycles. The summed E-state index contributed by atoms with van der Waals surface area (Å²) < 4.78 is 19.2. The van der Waals surface area contributed by atoms with Crippen molar-refractivity contribution < 1.29 is 23.7 Å². The minimum atomic E-state index is -0.696. The predicted octanol–water partition coefficient (Wildman–Crippen LogP) is 0.531. The van der Waals surface area contributed by atoms with Gasteiger partial charge in [0.05, 0.1) is 13.7 Å². The van der Waals surface area contributed by atoms with Crippen LogP contribution in [0.5, 0.6) is 0 Å². The molecule has 1 aliphatic rings. The van der Waals surface area contributed by atoms with Crippen LogP contribution in [0.15, 0.2) is 0 Å². The van der Waals surface area contributed by atoms with Gasteiger partial charge in [-0.25, -0.2) is 4.79 Å². The molecule has 0 radical (unpaired) electrons. The largest absolute Gasteiger partial charge is 0.508 e. The molecule has 0 bridgehead atoms. The van der Waals surface area contributed by atoms with Crippen molar-refractivity contribution in [1.82, 2.24) is 0 Å². The molecule has 1 rings (SSSR count). The molecule has 0 spiro atoms. The van der Waals surface area contributed by atoms with E-state index in [1.807, 2.05) is 0 Å². The van der Waals surface area contributed by atoms with E-state index >= 15 is 0 Å². The first-order valence-corrected chi connectivity index (χ1v) is 3.70. The summed E-state index contributed by atoms with van der Waals surface area (Å²) in [6.45, 7) is 2.42. The van der Waals surface area contributed by atoms with Crippen LogP contribution in [0.25, 0.3) is 0 Å². The van der Waals surface area contributed by atoms with Crippen molar-refractivity contribution in [1.29, 1.82) is 0 Å². The van der Waals surface area contributed by atoms with Gasteiger partial charge in [0.2, 0.25) is 0 Å². The molecule has 70 valence electrons. The molecule has 0 aromatic carbocycles. The Labute approximate surface area is 70.5 Å². The van der Waals surface area contributed by atoms with Crippen molar-refractivity contribution in [2.24, 2.45) is 0 Å². The number of hydrogen-bond acceptors (Lipinski definition) is 5. The van der Waals surface area contributed by atoms with Gasteiger partial charge in [-0.2, -0.15) is 0 Å². The fourth-order valence-corrected chi connectivity index (χ4v) is 0.900. The van der Waals surface area contributed by atoms with E-state index in [2.05, 4.69) is 9.47 Å². The summed E-state index contributed by atoms with van der Waals surface area (Å²) in [7, 11) is 1.26. The van der Waals surface area contributed by atoms with E-state index in [1.54, 1.807) is 6.92 Å². The van der Waals surface area contributed by atoms with Crippen LogP contribution in [0.4, 0.5) is 4.79 Å². The smallest absolute Gasteiger partial charge is 0.438 e. The second kappa shape index (κ2) is 4.27. The van der Waals surface area contributed by atoms with Crippen molar-refractivity contribution in [3.05, 3.63) is 0 Å². The summed E-state index contributed by atoms with van der Waals surface area (Å²) in [6.07, 6.45) is -1.08. The average Bonchev–Trinajstić information content (AvgIpc) is 2.47. The summed E-state index contributed by atoms with van der Waals surface area (Å²) in [5, 5.41) is 0. The lowest BCUT2D eigenvalue weighted by molar-refractivity contribution is -0.0552. The fraction of sp³-hybridized carbons (Fsp3) is 0.857. The molecule has 0 aromatic rings. The van der Waals surface area contributed by atoms with Crippen LogP contribution < -0.4 is 0 Å². The number of rotatable bonds is 2. The van der Waals surface area contributed by atoms with Gasteiger partial charge < -0.3 is 18.9 Å². The Bertz CT molecular complexity index is 158. The quantitative estimate of drug-likeness (QED) is 0.574. The Morgan fingerprint density at radius 2 is 2.42 bits per heavy atom. The average molecular weight is 176 g/mol. The third kappa shape index (κ3) is 2.67. The Morgan fingerprint density at radius 1 is 1.67 bits per heavy atom. The highest BCUT2D eigenvalue weighted by Crippen LogP contribution is 2.10. The van der Waals surface area contributed by atoms with E-state index in [9.17, 15) is 4.79 Å². The normalized spacial score (nSPS) is 28.5. The van der Waals surface area contributed by atoms with Crippen LogP contribution in [0, 0.1) is 0 Å². The molecule has 5 heteroatoms. The van der Waals surface area contributed by atoms with E-state index in [4.69, 9.17) is 9.47 Å². The topological polar surface area (TPSA) is 54.0 Å². The number of carbonyl (C=O) groups is 1. The van der Waals surface area contributed by atoms with E-state index in [1.165, 1.54) is 7.11 Å². The number of carbonyl (C=O) groups excluding carboxylic acids is 1. The third-order valence-electron chi connectivity index (χ3n) is 1.45. The van der Waals surface area contributed by atoms with Crippen molar-refractivity contribution in [2.75, 3.05) is 20.3 Å². The Balaban J connectivity index is 2.11. The van der Waals surface area contributed by atoms with E-state index in [0.717, 1.165) is 0 Å². The summed E-state index contributed by atoms with van der Waals surface area (Å²) >= 11 is 0. The third-order valence-corrected chi connectivity index (χ3v) is 1.45. The van der Waals surface area contributed by atoms with Gasteiger partial charge in [0.1, 0.15) is 12.7 Å². The van der Waals surface area contributed by atoms with E-state index in [0.29, 0.717) is 6.61 Å². The van der Waals surface area contributed by atoms with Gasteiger partial charge in [0.15, 0.2) is 6.29 Å². The molecule has 12 heavy (non-hydrogen) atoms. The maximum absolute atomic E-state index is 10.5. The van der Waals surface area contributed by atoms with Crippen molar-refractivity contribution >= 4 is 6.16 Å². The van der Waals surface area contributed by atoms with Crippen LogP contribution in [0.2, 0.25) is 0 Å². The Kier molecular flexibility index (Phi) is 3.31. The molecule has 1 aliphatic heterocycles. The van der Waals surface area contributed by atoms with Gasteiger partial charge in [-0.3, -0.25) is 0 Å². The molecular weight excluding hydrogens is 164 g/mol. The van der Waals surface area contributed by atoms with Gasteiger partial charge in [0, 0.05) is 0 Å². The zero-order chi connectivity index (χ0) is 8.97. The zero-order valence-corrected chi connectivity index (χ0v) is 7.11. The second-order valence-electron chi connectivity index (χ2n) is 2.42. The Morgan fingerprint density at radius 3 is 2.92 bits per heavy atom. The maximum atomic E-state index is 10.5. The molecule has 0 aliphatic carbocycles. The van der Waals surface area contributed by atoms with Crippen LogP contribution in [-0.2, 0) is 18.9 Å². The summed E-state index contributed by atoms with van der Waals surface area (Å²) in [5.74, 6) is 0. The van der Waals surface area contributed by atoms with Crippen LogP contribution in [0.1, 0.15) is 6.92 Å². The number of ether oxygens (including phenoxy) is 4. The second-order valence-corrected chi connectivity index (χ2v) is 2.42. The monoisotopic (exact) mass is 176 g/mol. The summed E-state index contributed by atoms with van der Waals surface area (Å²) in [6, 6.07) is 0. The van der Waals surface area contributed by atoms with Crippen LogP contribution in [0.3, 0.4) is 0 Å². The molecule has 0 amide bonds. The SMILES string of the molecule is COC(=O)OCC1COC(C)O1. The van der Waals surface area contributed by atoms with Crippen LogP contribution in [-0.4, -0.2) is 38.9 Å². The van der Waals surface area contributed by atoms with Gasteiger partial charge in [-0.15, -0.1) is 0 Å². The lowest BCUT2D eigenvalue weighted by Gasteiger charge is -2.07. The number of hydrogen-bond donors (Lipinski definition) is 0. The van der Waals surface area contributed by atoms with Gasteiger partial charge in [0.25, 0.3) is 0 Å². The number of methoxy groups -OCH3 is 1. The first-order chi connectivity index (χ1) is 5.72. The highest BCUT2D eigenvalue weighted by atomic mass is 16.8. The highest BCUT2D eigenvalue weighted by Gasteiger charge is 2.23. The maximum Gasteiger partial charge on any atom is 0.508 e. The molecule has 0 saturated carbocycles. The first kappa shape index (κ1) is 9.28. The van der Waals surface area contributed by atoms with E-state index in [-0.39, 0.29) is 19.0 Å². The van der Waals surface area contributed by atoms with Crippen LogP contribution >= 0.6 is 0 Å². The molecule has 2 atom stereocenters. The molecule has 5 nitrogen and oxygen atoms in total. The van der Waals surface area contributed by atoms with Crippen molar-refractivity contribution in [3.63, 3.8) is 0 Å². The van der Waals surface area contributed by atoms with Gasteiger partial charge in [-0.05, 0) is 6.92 Å². The van der Waals surface area contributed by atoms with Gasteiger partial charge >= 0.3 is 6.16 Å². The predicted molar refractivity (Wildman–Crippen MR) is 38.6 cm³/mol. The van der Waals surface area contributed by atoms with Gasteiger partial charge in [-0.1, -0.05) is 0 Å². The lowest BCUT2D eigenvalue weighted by Crippen LogP contribution is -2.21. The molecule has 1 saturated heterocycles. The molecule has 0 N–H and O–H groups in total. The van der Waals surface area contributed by atoms with E-state index < -0.39 is 6.16 Å². The van der Waals surface area contributed by atoms with Crippen molar-refractivity contribution in [2.45, 2.75) is 19.3 Å². The summed E-state index contributed by atoms with van der Waals surface area (Å²) in [5.41, 5.74) is 0. The summed E-state index contributed by atoms with van der Waals surface area (Å²) in [4.78, 5) is 10.5. The molecule has 1 fully saturated rings. The minimum Gasteiger partial charge on any atom is -0.438 e. The fourth-order valence-electron chi connectivity index (χ4n) is 0.900. The molecular formula is C7H12O5. The van der Waals surface area contributed by atoms with Crippen molar-refractivity contribution in [3.8, 4) is 0 Å². The Hall–Kier alpha value is -0.810. The highest BCUT2D eigenvalue weighted by molar-refractivity contribution is 5.59. The standard InChI is InChI=1S/C7H12O5/c1-5-10-3-6(12-5)4-11-7(8)9-2/h5-6H,3-4H2,1-2H3. The molecule has 1 heterocycles. The zero-order valence-electron chi connectivity index (χ0n) is 7.11.